The van der Waals surface area contributed by atoms with Crippen molar-refractivity contribution in [3.63, 3.8) is 0 Å². The maximum Gasteiger partial charge on any atom is 0.306 e. The molecule has 5 heteroatoms. The zero-order chi connectivity index (χ0) is 15.4. The molecule has 1 aromatic rings. The Morgan fingerprint density at radius 2 is 1.67 bits per heavy atom. The van der Waals surface area contributed by atoms with Gasteiger partial charge in [-0.2, -0.15) is 0 Å². The Bertz CT molecular complexity index is 507. The second-order valence-electron chi connectivity index (χ2n) is 5.71. The number of benzene rings is 1. The van der Waals surface area contributed by atoms with Gasteiger partial charge < -0.3 is 10.0 Å². The quantitative estimate of drug-likeness (QED) is 0.929. The van der Waals surface area contributed by atoms with Gasteiger partial charge in [-0.05, 0) is 43.4 Å². The Labute approximate surface area is 129 Å². The Balaban J connectivity index is 1.88. The number of hydrogen-bond donors (Lipinski definition) is 1. The summed E-state index contributed by atoms with van der Waals surface area (Å²) in [5.41, 5.74) is 1.04. The van der Waals surface area contributed by atoms with Crippen molar-refractivity contribution in [1.29, 1.82) is 0 Å². The van der Waals surface area contributed by atoms with E-state index < -0.39 is 5.97 Å². The van der Waals surface area contributed by atoms with Crippen LogP contribution in [0.3, 0.4) is 0 Å². The second kappa shape index (κ2) is 6.94. The summed E-state index contributed by atoms with van der Waals surface area (Å²) in [6.45, 7) is 0.550. The smallest absolute Gasteiger partial charge is 0.306 e. The number of hydrogen-bond acceptors (Lipinski definition) is 2. The highest BCUT2D eigenvalue weighted by Gasteiger charge is 2.31. The average molecular weight is 310 g/mol. The molecule has 0 unspecified atom stereocenters. The number of aliphatic carboxylic acids is 1. The fourth-order valence-corrected chi connectivity index (χ4v) is 2.97. The van der Waals surface area contributed by atoms with Crippen molar-refractivity contribution >= 4 is 23.5 Å². The van der Waals surface area contributed by atoms with Crippen LogP contribution >= 0.6 is 11.6 Å². The summed E-state index contributed by atoms with van der Waals surface area (Å²) in [4.78, 5) is 25.0. The molecule has 0 aromatic heterocycles. The SMILES string of the molecule is CN(Cc1ccc(Cl)cc1)C(=O)C1CCC(C(=O)O)CC1. The summed E-state index contributed by atoms with van der Waals surface area (Å²) < 4.78 is 0. The highest BCUT2D eigenvalue weighted by Crippen LogP contribution is 2.30. The number of carbonyl (C=O) groups excluding carboxylic acids is 1. The van der Waals surface area contributed by atoms with Crippen LogP contribution in [0.4, 0.5) is 0 Å². The maximum atomic E-state index is 12.4. The van der Waals surface area contributed by atoms with Crippen LogP contribution in [0.1, 0.15) is 31.2 Å². The fraction of sp³-hybridized carbons (Fsp3) is 0.500. The third kappa shape index (κ3) is 4.21. The average Bonchev–Trinajstić information content (AvgIpc) is 2.49. The summed E-state index contributed by atoms with van der Waals surface area (Å²) in [5.74, 6) is -0.960. The van der Waals surface area contributed by atoms with E-state index in [1.54, 1.807) is 11.9 Å². The Hall–Kier alpha value is -1.55. The molecule has 114 valence electrons. The van der Waals surface area contributed by atoms with Gasteiger partial charge >= 0.3 is 5.97 Å². The molecule has 0 atom stereocenters. The van der Waals surface area contributed by atoms with E-state index in [9.17, 15) is 9.59 Å². The second-order valence-corrected chi connectivity index (χ2v) is 6.14. The summed E-state index contributed by atoms with van der Waals surface area (Å²) in [5, 5.41) is 9.66. The van der Waals surface area contributed by atoms with Gasteiger partial charge in [0, 0.05) is 24.5 Å². The van der Waals surface area contributed by atoms with Crippen LogP contribution in [-0.4, -0.2) is 28.9 Å². The van der Waals surface area contributed by atoms with E-state index in [2.05, 4.69) is 0 Å². The lowest BCUT2D eigenvalue weighted by molar-refractivity contribution is -0.145. The molecule has 0 aliphatic heterocycles. The van der Waals surface area contributed by atoms with E-state index in [4.69, 9.17) is 16.7 Å². The van der Waals surface area contributed by atoms with Crippen LogP contribution < -0.4 is 0 Å². The predicted octanol–water partition coefficient (Wildman–Crippen LogP) is 3.19. The molecule has 1 aliphatic rings. The molecule has 21 heavy (non-hydrogen) atoms. The van der Waals surface area contributed by atoms with Crippen LogP contribution in [0.2, 0.25) is 5.02 Å². The van der Waals surface area contributed by atoms with E-state index in [-0.39, 0.29) is 17.7 Å². The Kier molecular flexibility index (Phi) is 5.23. The molecule has 4 nitrogen and oxygen atoms in total. The number of carboxylic acids is 1. The van der Waals surface area contributed by atoms with Crippen LogP contribution in [0.5, 0.6) is 0 Å². The highest BCUT2D eigenvalue weighted by molar-refractivity contribution is 6.30. The highest BCUT2D eigenvalue weighted by atomic mass is 35.5. The van der Waals surface area contributed by atoms with Gasteiger partial charge in [-0.25, -0.2) is 0 Å². The normalized spacial score (nSPS) is 21.8. The Morgan fingerprint density at radius 3 is 2.19 bits per heavy atom. The zero-order valence-corrected chi connectivity index (χ0v) is 12.8. The number of carbonyl (C=O) groups is 2. The molecule has 0 radical (unpaired) electrons. The standard InChI is InChI=1S/C16H20ClNO3/c1-18(10-11-2-8-14(17)9-3-11)15(19)12-4-6-13(7-5-12)16(20)21/h2-3,8-9,12-13H,4-7,10H2,1H3,(H,20,21). The van der Waals surface area contributed by atoms with Crippen molar-refractivity contribution in [3.8, 4) is 0 Å². The summed E-state index contributed by atoms with van der Waals surface area (Å²) in [7, 11) is 1.79. The summed E-state index contributed by atoms with van der Waals surface area (Å²) >= 11 is 5.84. The van der Waals surface area contributed by atoms with E-state index in [0.717, 1.165) is 5.56 Å². The first kappa shape index (κ1) is 15.8. The summed E-state index contributed by atoms with van der Waals surface area (Å²) in [6.07, 6.45) is 2.53. The molecule has 0 spiro atoms. The monoisotopic (exact) mass is 309 g/mol. The third-order valence-electron chi connectivity index (χ3n) is 4.13. The Morgan fingerprint density at radius 1 is 1.14 bits per heavy atom. The lowest BCUT2D eigenvalue weighted by Crippen LogP contribution is -2.35. The molecular weight excluding hydrogens is 290 g/mol. The lowest BCUT2D eigenvalue weighted by Gasteiger charge is -2.29. The van der Waals surface area contributed by atoms with Crippen molar-refractivity contribution < 1.29 is 14.7 Å². The first-order valence-corrected chi connectivity index (χ1v) is 7.57. The van der Waals surface area contributed by atoms with Gasteiger partial charge in [-0.1, -0.05) is 23.7 Å². The van der Waals surface area contributed by atoms with Gasteiger partial charge in [0.05, 0.1) is 5.92 Å². The van der Waals surface area contributed by atoms with Crippen molar-refractivity contribution in [2.24, 2.45) is 11.8 Å². The minimum absolute atomic E-state index is 0.0436. The van der Waals surface area contributed by atoms with Gasteiger partial charge in [0.2, 0.25) is 5.91 Å². The van der Waals surface area contributed by atoms with Gasteiger partial charge in [-0.3, -0.25) is 9.59 Å². The van der Waals surface area contributed by atoms with Gasteiger partial charge in [-0.15, -0.1) is 0 Å². The van der Waals surface area contributed by atoms with E-state index in [1.165, 1.54) is 0 Å². The minimum Gasteiger partial charge on any atom is -0.481 e. The van der Waals surface area contributed by atoms with Crippen LogP contribution in [-0.2, 0) is 16.1 Å². The van der Waals surface area contributed by atoms with Crippen molar-refractivity contribution in [3.05, 3.63) is 34.9 Å². The molecule has 0 bridgehead atoms. The molecule has 1 amide bonds. The molecule has 1 aromatic carbocycles. The van der Waals surface area contributed by atoms with E-state index in [1.807, 2.05) is 24.3 Å². The van der Waals surface area contributed by atoms with Crippen LogP contribution in [0.15, 0.2) is 24.3 Å². The third-order valence-corrected chi connectivity index (χ3v) is 4.39. The van der Waals surface area contributed by atoms with E-state index >= 15 is 0 Å². The molecule has 0 saturated heterocycles. The van der Waals surface area contributed by atoms with Crippen molar-refractivity contribution in [1.82, 2.24) is 4.90 Å². The molecule has 1 saturated carbocycles. The van der Waals surface area contributed by atoms with Crippen molar-refractivity contribution in [2.45, 2.75) is 32.2 Å². The summed E-state index contributed by atoms with van der Waals surface area (Å²) in [6, 6.07) is 7.45. The number of rotatable bonds is 4. The predicted molar refractivity (Wildman–Crippen MR) is 81.0 cm³/mol. The first-order valence-electron chi connectivity index (χ1n) is 7.19. The zero-order valence-electron chi connectivity index (χ0n) is 12.1. The van der Waals surface area contributed by atoms with E-state index in [0.29, 0.717) is 37.3 Å². The number of halogens is 1. The van der Waals surface area contributed by atoms with Gasteiger partial charge in [0.1, 0.15) is 0 Å². The minimum atomic E-state index is -0.740. The van der Waals surface area contributed by atoms with Crippen LogP contribution in [0.25, 0.3) is 0 Å². The van der Waals surface area contributed by atoms with Gasteiger partial charge in [0.25, 0.3) is 0 Å². The molecule has 1 aliphatic carbocycles. The molecule has 0 heterocycles. The molecule has 2 rings (SSSR count). The molecular formula is C16H20ClNO3. The largest absolute Gasteiger partial charge is 0.481 e. The topological polar surface area (TPSA) is 57.6 Å². The number of carboxylic acid groups (broad SMARTS) is 1. The number of amides is 1. The maximum absolute atomic E-state index is 12.4. The first-order chi connectivity index (χ1) is 9.97. The fourth-order valence-electron chi connectivity index (χ4n) is 2.84. The molecule has 1 fully saturated rings. The van der Waals surface area contributed by atoms with Gasteiger partial charge in [0.15, 0.2) is 0 Å². The molecule has 1 N–H and O–H groups in total. The lowest BCUT2D eigenvalue weighted by atomic mass is 9.81. The van der Waals surface area contributed by atoms with Crippen LogP contribution in [0, 0.1) is 11.8 Å². The van der Waals surface area contributed by atoms with Crippen molar-refractivity contribution in [2.75, 3.05) is 7.05 Å². The number of nitrogens with zero attached hydrogens (tertiary/aromatic N) is 1.